The summed E-state index contributed by atoms with van der Waals surface area (Å²) in [5.41, 5.74) is 1.35. The molecule has 5 nitrogen and oxygen atoms in total. The van der Waals surface area contributed by atoms with Crippen LogP contribution in [0.5, 0.6) is 0 Å². The van der Waals surface area contributed by atoms with Crippen LogP contribution in [0.4, 0.5) is 24.8 Å². The standard InChI is InChI=1S/C20H21F3N4O/c1-13-9-17-16(18(28)10-13)12-24-19(25-17)27-7-5-26(6-8-27)15-4-2-3-14(11-15)20(21,22)23/h2-4,11-13H,5-10H2,1H3/t13-/m1/s1. The van der Waals surface area contributed by atoms with Crippen LogP contribution in [0.25, 0.3) is 0 Å². The van der Waals surface area contributed by atoms with Gasteiger partial charge in [-0.25, -0.2) is 9.97 Å². The van der Waals surface area contributed by atoms with E-state index in [1.807, 2.05) is 16.7 Å². The van der Waals surface area contributed by atoms with Crippen LogP contribution in [0.1, 0.15) is 35.0 Å². The van der Waals surface area contributed by atoms with Crippen molar-refractivity contribution in [3.05, 3.63) is 47.3 Å². The third-order valence-electron chi connectivity index (χ3n) is 5.33. The van der Waals surface area contributed by atoms with E-state index < -0.39 is 11.7 Å². The molecule has 0 unspecified atom stereocenters. The Kier molecular flexibility index (Phi) is 4.72. The molecule has 0 radical (unpaired) electrons. The van der Waals surface area contributed by atoms with Crippen molar-refractivity contribution >= 4 is 17.4 Å². The van der Waals surface area contributed by atoms with Crippen molar-refractivity contribution in [1.82, 2.24) is 9.97 Å². The molecule has 1 aliphatic heterocycles. The van der Waals surface area contributed by atoms with Crippen molar-refractivity contribution in [2.75, 3.05) is 36.0 Å². The lowest BCUT2D eigenvalue weighted by atomic mass is 9.88. The molecule has 1 aromatic heterocycles. The summed E-state index contributed by atoms with van der Waals surface area (Å²) < 4.78 is 38.8. The second-order valence-electron chi connectivity index (χ2n) is 7.49. The number of halogens is 3. The molecule has 1 fully saturated rings. The number of alkyl halides is 3. The average molecular weight is 390 g/mol. The first kappa shape index (κ1) is 18.7. The van der Waals surface area contributed by atoms with Gasteiger partial charge in [-0.15, -0.1) is 0 Å². The van der Waals surface area contributed by atoms with Gasteiger partial charge in [-0.05, 0) is 30.5 Å². The molecule has 0 N–H and O–H groups in total. The van der Waals surface area contributed by atoms with Gasteiger partial charge in [-0.2, -0.15) is 13.2 Å². The Morgan fingerprint density at radius 2 is 1.79 bits per heavy atom. The van der Waals surface area contributed by atoms with Gasteiger partial charge in [0.15, 0.2) is 5.78 Å². The first-order chi connectivity index (χ1) is 13.3. The van der Waals surface area contributed by atoms with Crippen LogP contribution in [0, 0.1) is 5.92 Å². The highest BCUT2D eigenvalue weighted by molar-refractivity contribution is 5.98. The zero-order valence-corrected chi connectivity index (χ0v) is 15.5. The number of fused-ring (bicyclic) bond motifs is 1. The van der Waals surface area contributed by atoms with Crippen LogP contribution in [0.15, 0.2) is 30.5 Å². The Morgan fingerprint density at radius 3 is 2.50 bits per heavy atom. The summed E-state index contributed by atoms with van der Waals surface area (Å²) in [5.74, 6) is 0.958. The minimum absolute atomic E-state index is 0.0923. The Balaban J connectivity index is 1.46. The first-order valence-corrected chi connectivity index (χ1v) is 9.37. The predicted molar refractivity (Wildman–Crippen MR) is 99.7 cm³/mol. The molecule has 8 heteroatoms. The number of hydrogen-bond acceptors (Lipinski definition) is 5. The first-order valence-electron chi connectivity index (χ1n) is 9.37. The van der Waals surface area contributed by atoms with Crippen LogP contribution in [0.2, 0.25) is 0 Å². The summed E-state index contributed by atoms with van der Waals surface area (Å²) in [5, 5.41) is 0. The van der Waals surface area contributed by atoms with Gasteiger partial charge >= 0.3 is 6.18 Å². The van der Waals surface area contributed by atoms with Crippen molar-refractivity contribution < 1.29 is 18.0 Å². The molecule has 2 aliphatic rings. The van der Waals surface area contributed by atoms with Gasteiger partial charge in [-0.3, -0.25) is 4.79 Å². The Labute approximate surface area is 161 Å². The van der Waals surface area contributed by atoms with Crippen molar-refractivity contribution in [3.63, 3.8) is 0 Å². The summed E-state index contributed by atoms with van der Waals surface area (Å²) in [6, 6.07) is 5.42. The molecule has 1 saturated heterocycles. The van der Waals surface area contributed by atoms with Gasteiger partial charge < -0.3 is 9.80 Å². The number of carbonyl (C=O) groups excluding carboxylic acids is 1. The maximum atomic E-state index is 12.9. The topological polar surface area (TPSA) is 49.3 Å². The van der Waals surface area contributed by atoms with E-state index in [0.717, 1.165) is 18.2 Å². The summed E-state index contributed by atoms with van der Waals surface area (Å²) in [4.78, 5) is 25.0. The van der Waals surface area contributed by atoms with Crippen molar-refractivity contribution in [2.45, 2.75) is 25.9 Å². The summed E-state index contributed by atoms with van der Waals surface area (Å²) in [6.07, 6.45) is -1.43. The molecule has 4 rings (SSSR count). The van der Waals surface area contributed by atoms with Crippen LogP contribution in [-0.2, 0) is 12.6 Å². The summed E-state index contributed by atoms with van der Waals surface area (Å²) >= 11 is 0. The normalized spacial score (nSPS) is 20.3. The molecule has 28 heavy (non-hydrogen) atoms. The highest BCUT2D eigenvalue weighted by atomic mass is 19.4. The zero-order valence-electron chi connectivity index (χ0n) is 15.5. The van der Waals surface area contributed by atoms with Gasteiger partial charge in [0.2, 0.25) is 5.95 Å². The molecule has 2 aromatic rings. The molecular weight excluding hydrogens is 369 g/mol. The lowest BCUT2D eigenvalue weighted by Crippen LogP contribution is -2.47. The highest BCUT2D eigenvalue weighted by Crippen LogP contribution is 2.32. The Bertz CT molecular complexity index is 891. The molecular formula is C20H21F3N4O. The lowest BCUT2D eigenvalue weighted by molar-refractivity contribution is -0.137. The van der Waals surface area contributed by atoms with E-state index in [4.69, 9.17) is 0 Å². The smallest absolute Gasteiger partial charge is 0.368 e. The van der Waals surface area contributed by atoms with E-state index in [9.17, 15) is 18.0 Å². The monoisotopic (exact) mass is 390 g/mol. The van der Waals surface area contributed by atoms with Gasteiger partial charge in [-0.1, -0.05) is 13.0 Å². The lowest BCUT2D eigenvalue weighted by Gasteiger charge is -2.36. The highest BCUT2D eigenvalue weighted by Gasteiger charge is 2.31. The number of piperazine rings is 1. The van der Waals surface area contributed by atoms with Crippen molar-refractivity contribution in [2.24, 2.45) is 5.92 Å². The van der Waals surface area contributed by atoms with Gasteiger partial charge in [0, 0.05) is 44.5 Å². The molecule has 1 aromatic carbocycles. The maximum absolute atomic E-state index is 12.9. The largest absolute Gasteiger partial charge is 0.416 e. The van der Waals surface area contributed by atoms with Gasteiger partial charge in [0.05, 0.1) is 16.8 Å². The number of rotatable bonds is 2. The fourth-order valence-corrected chi connectivity index (χ4v) is 3.82. The van der Waals surface area contributed by atoms with Gasteiger partial charge in [0.1, 0.15) is 0 Å². The number of ketones is 1. The van der Waals surface area contributed by atoms with Crippen LogP contribution in [0.3, 0.4) is 0 Å². The fourth-order valence-electron chi connectivity index (χ4n) is 3.82. The van der Waals surface area contributed by atoms with E-state index in [1.165, 1.54) is 12.1 Å². The Morgan fingerprint density at radius 1 is 1.07 bits per heavy atom. The number of nitrogens with zero attached hydrogens (tertiary/aromatic N) is 4. The van der Waals surface area contributed by atoms with Crippen LogP contribution < -0.4 is 9.80 Å². The molecule has 148 valence electrons. The van der Waals surface area contributed by atoms with E-state index in [1.54, 1.807) is 12.3 Å². The van der Waals surface area contributed by atoms with Crippen LogP contribution >= 0.6 is 0 Å². The molecule has 0 spiro atoms. The zero-order chi connectivity index (χ0) is 19.9. The van der Waals surface area contributed by atoms with E-state index in [-0.39, 0.29) is 11.7 Å². The third-order valence-corrected chi connectivity index (χ3v) is 5.33. The Hall–Kier alpha value is -2.64. The molecule has 2 heterocycles. The van der Waals surface area contributed by atoms with Gasteiger partial charge in [0.25, 0.3) is 0 Å². The van der Waals surface area contributed by atoms with Crippen molar-refractivity contribution in [1.29, 1.82) is 0 Å². The molecule has 0 saturated carbocycles. The minimum Gasteiger partial charge on any atom is -0.368 e. The van der Waals surface area contributed by atoms with Crippen LogP contribution in [-0.4, -0.2) is 41.9 Å². The predicted octanol–water partition coefficient (Wildman–Crippen LogP) is 3.59. The number of Topliss-reactive ketones (excluding diaryl/α,β-unsaturated/α-hetero) is 1. The average Bonchev–Trinajstić information content (AvgIpc) is 2.67. The number of anilines is 2. The minimum atomic E-state index is -4.34. The number of aromatic nitrogens is 2. The summed E-state index contributed by atoms with van der Waals surface area (Å²) in [6.45, 7) is 4.42. The van der Waals surface area contributed by atoms with Crippen molar-refractivity contribution in [3.8, 4) is 0 Å². The molecule has 1 atom stereocenters. The molecule has 0 bridgehead atoms. The SMILES string of the molecule is C[C@H]1CC(=O)c2cnc(N3CCN(c4cccc(C(F)(F)F)c4)CC3)nc2C1. The van der Waals surface area contributed by atoms with E-state index in [0.29, 0.717) is 49.8 Å². The van der Waals surface area contributed by atoms with E-state index in [2.05, 4.69) is 9.97 Å². The quantitative estimate of drug-likeness (QED) is 0.785. The molecule has 1 aliphatic carbocycles. The van der Waals surface area contributed by atoms with E-state index >= 15 is 0 Å². The number of benzene rings is 1. The third kappa shape index (κ3) is 3.68. The molecule has 0 amide bonds. The number of carbonyl (C=O) groups is 1. The fraction of sp³-hybridized carbons (Fsp3) is 0.450. The second kappa shape index (κ2) is 7.07. The second-order valence-corrected chi connectivity index (χ2v) is 7.49. The summed E-state index contributed by atoms with van der Waals surface area (Å²) in [7, 11) is 0. The number of hydrogen-bond donors (Lipinski definition) is 0. The maximum Gasteiger partial charge on any atom is 0.416 e.